The van der Waals surface area contributed by atoms with Crippen molar-refractivity contribution in [3.8, 4) is 0 Å². The quantitative estimate of drug-likeness (QED) is 0.172. The summed E-state index contributed by atoms with van der Waals surface area (Å²) in [6, 6.07) is -1.46. The molecule has 12 nitrogen and oxygen atoms in total. The monoisotopic (exact) mass is 379 g/mol. The first-order chi connectivity index (χ1) is 12.0. The number of aliphatic hydroxyl groups excluding tert-OH is 5. The molecule has 10 atom stereocenters. The molecule has 0 aromatic rings. The van der Waals surface area contributed by atoms with Crippen molar-refractivity contribution in [2.75, 3.05) is 0 Å². The molecule has 0 amide bonds. The van der Waals surface area contributed by atoms with E-state index >= 15 is 0 Å². The number of nitrogens with two attached hydrogens (primary N) is 2. The molecule has 2 unspecified atom stereocenters. The highest BCUT2D eigenvalue weighted by Gasteiger charge is 2.50. The number of carboxylic acids is 1. The highest BCUT2D eigenvalue weighted by atomic mass is 16.7. The van der Waals surface area contributed by atoms with Crippen LogP contribution in [0.3, 0.4) is 0 Å². The molecule has 12 heteroatoms. The maximum Gasteiger partial charge on any atom is 0.370 e. The highest BCUT2D eigenvalue weighted by molar-refractivity contribution is 6.33. The molecule has 0 aromatic heterocycles. The molecule has 0 bridgehead atoms. The molecule has 1 heterocycles. The van der Waals surface area contributed by atoms with Crippen LogP contribution in [-0.2, 0) is 14.3 Å². The molecule has 0 radical (unpaired) electrons. The Morgan fingerprint density at radius 2 is 1.58 bits per heavy atom. The number of rotatable bonds is 3. The largest absolute Gasteiger partial charge is 0.475 e. The van der Waals surface area contributed by atoms with Gasteiger partial charge in [-0.2, -0.15) is 0 Å². The average molecular weight is 379 g/mol. The Balaban J connectivity index is 2.07. The summed E-state index contributed by atoms with van der Waals surface area (Å²) in [6.07, 6.45) is -11.7. The molecule has 1 aliphatic carbocycles. The van der Waals surface area contributed by atoms with E-state index in [0.29, 0.717) is 0 Å². The molecular weight excluding hydrogens is 354 g/mol. The van der Waals surface area contributed by atoms with Crippen molar-refractivity contribution in [1.82, 2.24) is 0 Å². The van der Waals surface area contributed by atoms with Crippen molar-refractivity contribution in [1.29, 1.82) is 0 Å². The Morgan fingerprint density at radius 1 is 1.08 bits per heavy atom. The van der Waals surface area contributed by atoms with Crippen molar-refractivity contribution in [2.45, 2.75) is 74.4 Å². The Morgan fingerprint density at radius 3 is 2.08 bits per heavy atom. The molecule has 1 aliphatic heterocycles. The molecular formula is C14H25N3O9. The van der Waals surface area contributed by atoms with Crippen molar-refractivity contribution in [3.63, 3.8) is 0 Å². The Labute approximate surface area is 148 Å². The lowest BCUT2D eigenvalue weighted by Crippen LogP contribution is -2.66. The second-order valence-electron chi connectivity index (χ2n) is 6.55. The minimum atomic E-state index is -1.74. The zero-order valence-corrected chi connectivity index (χ0v) is 14.0. The maximum absolute atomic E-state index is 10.8. The zero-order chi connectivity index (χ0) is 19.8. The van der Waals surface area contributed by atoms with E-state index in [1.165, 1.54) is 0 Å². The Hall–Kier alpha value is -1.38. The second-order valence-corrected chi connectivity index (χ2v) is 6.55. The molecule has 2 fully saturated rings. The van der Waals surface area contributed by atoms with Gasteiger partial charge in [-0.25, -0.2) is 4.79 Å². The first-order valence-electron chi connectivity index (χ1n) is 8.08. The third kappa shape index (κ3) is 4.13. The summed E-state index contributed by atoms with van der Waals surface area (Å²) in [5.74, 6) is -1.96. The van der Waals surface area contributed by atoms with Gasteiger partial charge in [-0.05, 0) is 13.3 Å². The first-order valence-corrected chi connectivity index (χ1v) is 8.08. The Kier molecular flexibility index (Phi) is 6.52. The van der Waals surface area contributed by atoms with Crippen LogP contribution in [0.15, 0.2) is 4.99 Å². The third-order valence-electron chi connectivity index (χ3n) is 4.64. The highest BCUT2D eigenvalue weighted by Crippen LogP contribution is 2.29. The van der Waals surface area contributed by atoms with E-state index in [4.69, 9.17) is 26.0 Å². The molecule has 0 spiro atoms. The summed E-state index contributed by atoms with van der Waals surface area (Å²) in [5.41, 5.74) is 11.2. The lowest BCUT2D eigenvalue weighted by molar-refractivity contribution is -0.293. The molecule has 1 saturated heterocycles. The van der Waals surface area contributed by atoms with Gasteiger partial charge in [0.15, 0.2) is 6.29 Å². The number of hydrogen-bond acceptors (Lipinski definition) is 10. The average Bonchev–Trinajstić information content (AvgIpc) is 2.58. The van der Waals surface area contributed by atoms with E-state index in [0.717, 1.165) is 0 Å². The minimum Gasteiger partial charge on any atom is -0.475 e. The number of carboxylic acid groups (broad SMARTS) is 1. The number of ether oxygens (including phenoxy) is 2. The van der Waals surface area contributed by atoms with E-state index in [1.54, 1.807) is 6.92 Å². The molecule has 2 aliphatic rings. The fourth-order valence-electron chi connectivity index (χ4n) is 3.02. The molecule has 0 aromatic carbocycles. The van der Waals surface area contributed by atoms with Crippen molar-refractivity contribution < 1.29 is 44.9 Å². The number of aliphatic hydroxyl groups is 5. The van der Waals surface area contributed by atoms with E-state index in [2.05, 4.69) is 4.99 Å². The van der Waals surface area contributed by atoms with Crippen LogP contribution in [-0.4, -0.2) is 104 Å². The van der Waals surface area contributed by atoms with Crippen LogP contribution < -0.4 is 11.5 Å². The van der Waals surface area contributed by atoms with Gasteiger partial charge in [-0.15, -0.1) is 0 Å². The third-order valence-corrected chi connectivity index (χ3v) is 4.64. The standard InChI is InChI=1S/C14H25N3O9/c1-3-5(17-12(16)13(23)24)2-4(15)14(25-3)26-11-9(21)7(19)6(18)8(20)10(11)22/h3-11,14,18-22H,2,15H2,1H3,(H2,16,17)(H,23,24)/t3-,4+,5-,6?,7-,8+,9-,10+,11?,14+/m0/s1. The lowest BCUT2D eigenvalue weighted by atomic mass is 9.84. The van der Waals surface area contributed by atoms with E-state index in [-0.39, 0.29) is 6.42 Å². The van der Waals surface area contributed by atoms with Crippen molar-refractivity contribution >= 4 is 11.8 Å². The number of amidine groups is 1. The SMILES string of the molecule is C[C@@H]1O[C@H](OC2[C@@H](O)[C@@H](O)C(O)[C@@H](O)[C@H]2O)[C@H](N)C[C@@H]1N=C(N)C(=O)O. The number of hydrogen-bond donors (Lipinski definition) is 8. The summed E-state index contributed by atoms with van der Waals surface area (Å²) in [6.45, 7) is 1.59. The smallest absolute Gasteiger partial charge is 0.370 e. The number of carbonyl (C=O) groups is 1. The molecule has 1 saturated carbocycles. The fraction of sp³-hybridized carbons (Fsp3) is 0.857. The molecule has 26 heavy (non-hydrogen) atoms. The maximum atomic E-state index is 10.8. The fourth-order valence-corrected chi connectivity index (χ4v) is 3.02. The minimum absolute atomic E-state index is 0.145. The van der Waals surface area contributed by atoms with Crippen LogP contribution in [0.1, 0.15) is 13.3 Å². The predicted octanol–water partition coefficient (Wildman–Crippen LogP) is -4.54. The summed E-state index contributed by atoms with van der Waals surface area (Å²) >= 11 is 0. The number of aliphatic carboxylic acids is 1. The molecule has 2 rings (SSSR count). The lowest BCUT2D eigenvalue weighted by Gasteiger charge is -2.45. The summed E-state index contributed by atoms with van der Waals surface area (Å²) < 4.78 is 11.0. The van der Waals surface area contributed by atoms with Gasteiger partial charge in [0.2, 0.25) is 5.84 Å². The van der Waals surface area contributed by atoms with Crippen LogP contribution >= 0.6 is 0 Å². The zero-order valence-electron chi connectivity index (χ0n) is 14.0. The van der Waals surface area contributed by atoms with Gasteiger partial charge >= 0.3 is 5.97 Å². The van der Waals surface area contributed by atoms with Gasteiger partial charge < -0.3 is 51.6 Å². The summed E-state index contributed by atoms with van der Waals surface area (Å²) in [4.78, 5) is 14.6. The van der Waals surface area contributed by atoms with Crippen LogP contribution in [0.25, 0.3) is 0 Å². The summed E-state index contributed by atoms with van der Waals surface area (Å²) in [7, 11) is 0. The topological polar surface area (TPSA) is 221 Å². The van der Waals surface area contributed by atoms with Crippen molar-refractivity contribution in [3.05, 3.63) is 0 Å². The van der Waals surface area contributed by atoms with Crippen LogP contribution in [0, 0.1) is 0 Å². The van der Waals surface area contributed by atoms with Crippen molar-refractivity contribution in [2.24, 2.45) is 16.5 Å². The van der Waals surface area contributed by atoms with Gasteiger partial charge in [0, 0.05) is 0 Å². The first kappa shape index (κ1) is 20.9. The number of nitrogens with zero attached hydrogens (tertiary/aromatic N) is 1. The molecule has 10 N–H and O–H groups in total. The number of aliphatic imine (C=N–C) groups is 1. The van der Waals surface area contributed by atoms with Gasteiger partial charge in [-0.1, -0.05) is 0 Å². The van der Waals surface area contributed by atoms with Crippen LogP contribution in [0.5, 0.6) is 0 Å². The van der Waals surface area contributed by atoms with Gasteiger partial charge in [0.1, 0.15) is 36.6 Å². The van der Waals surface area contributed by atoms with Crippen LogP contribution in [0.4, 0.5) is 0 Å². The summed E-state index contributed by atoms with van der Waals surface area (Å²) in [5, 5.41) is 57.8. The normalized spacial score (nSPS) is 47.6. The van der Waals surface area contributed by atoms with E-state index < -0.39 is 72.9 Å². The second kappa shape index (κ2) is 8.10. The van der Waals surface area contributed by atoms with E-state index in [9.17, 15) is 30.3 Å². The van der Waals surface area contributed by atoms with Gasteiger partial charge in [0.25, 0.3) is 0 Å². The molecule has 150 valence electrons. The van der Waals surface area contributed by atoms with Crippen LogP contribution in [0.2, 0.25) is 0 Å². The predicted molar refractivity (Wildman–Crippen MR) is 84.9 cm³/mol. The Bertz CT molecular complexity index is 532. The van der Waals surface area contributed by atoms with Gasteiger partial charge in [-0.3, -0.25) is 4.99 Å². The van der Waals surface area contributed by atoms with E-state index in [1.807, 2.05) is 0 Å². The van der Waals surface area contributed by atoms with Gasteiger partial charge in [0.05, 0.1) is 18.2 Å².